The largest absolute Gasteiger partial charge is 0.378 e. The number of rotatable bonds is 8. The van der Waals surface area contributed by atoms with Gasteiger partial charge in [0.05, 0.1) is 6.10 Å². The molecule has 118 valence electrons. The van der Waals surface area contributed by atoms with E-state index in [1.807, 2.05) is 6.07 Å². The van der Waals surface area contributed by atoms with Crippen LogP contribution in [-0.2, 0) is 4.74 Å². The average molecular weight is 290 g/mol. The van der Waals surface area contributed by atoms with Crippen LogP contribution < -0.4 is 11.1 Å². The number of nitrogens with two attached hydrogens (primary N) is 1. The Morgan fingerprint density at radius 1 is 1.33 bits per heavy atom. The zero-order valence-electron chi connectivity index (χ0n) is 13.6. The van der Waals surface area contributed by atoms with Gasteiger partial charge in [-0.05, 0) is 38.3 Å². The van der Waals surface area contributed by atoms with Crippen molar-refractivity contribution in [1.29, 1.82) is 0 Å². The Morgan fingerprint density at radius 3 is 2.67 bits per heavy atom. The zero-order valence-corrected chi connectivity index (χ0v) is 13.6. The maximum Gasteiger partial charge on any atom is 0.0655 e. The molecular formula is C18H30N2O. The van der Waals surface area contributed by atoms with Crippen LogP contribution in [-0.4, -0.2) is 25.3 Å². The van der Waals surface area contributed by atoms with Crippen molar-refractivity contribution in [2.75, 3.05) is 13.2 Å². The molecule has 1 fully saturated rings. The summed E-state index contributed by atoms with van der Waals surface area (Å²) in [5.41, 5.74) is 7.71. The molecule has 1 aromatic rings. The van der Waals surface area contributed by atoms with E-state index in [0.717, 1.165) is 32.4 Å². The highest BCUT2D eigenvalue weighted by atomic mass is 16.5. The molecule has 21 heavy (non-hydrogen) atoms. The van der Waals surface area contributed by atoms with E-state index in [1.54, 1.807) is 0 Å². The fourth-order valence-corrected chi connectivity index (χ4v) is 3.18. The Balaban J connectivity index is 1.65. The third-order valence-corrected chi connectivity index (χ3v) is 4.86. The Labute approximate surface area is 129 Å². The Morgan fingerprint density at radius 2 is 2.05 bits per heavy atom. The monoisotopic (exact) mass is 290 g/mol. The van der Waals surface area contributed by atoms with E-state index < -0.39 is 0 Å². The molecule has 0 aliphatic heterocycles. The topological polar surface area (TPSA) is 47.3 Å². The Hall–Kier alpha value is -0.900. The molecule has 0 aromatic heterocycles. The summed E-state index contributed by atoms with van der Waals surface area (Å²) in [5, 5.41) is 3.67. The van der Waals surface area contributed by atoms with Crippen molar-refractivity contribution in [1.82, 2.24) is 5.32 Å². The lowest BCUT2D eigenvalue weighted by Gasteiger charge is -2.52. The van der Waals surface area contributed by atoms with Crippen LogP contribution in [0.4, 0.5) is 0 Å². The summed E-state index contributed by atoms with van der Waals surface area (Å²) in [6.45, 7) is 8.51. The molecule has 3 N–H and O–H groups in total. The van der Waals surface area contributed by atoms with Gasteiger partial charge >= 0.3 is 0 Å². The van der Waals surface area contributed by atoms with Gasteiger partial charge in [0.2, 0.25) is 0 Å². The number of hydrogen-bond acceptors (Lipinski definition) is 3. The maximum atomic E-state index is 6.23. The van der Waals surface area contributed by atoms with Gasteiger partial charge < -0.3 is 15.8 Å². The van der Waals surface area contributed by atoms with Gasteiger partial charge in [0.1, 0.15) is 0 Å². The summed E-state index contributed by atoms with van der Waals surface area (Å²) in [7, 11) is 0. The number of nitrogens with one attached hydrogen (secondary N) is 1. The summed E-state index contributed by atoms with van der Waals surface area (Å²) in [6.07, 6.45) is 3.68. The van der Waals surface area contributed by atoms with Crippen molar-refractivity contribution in [3.63, 3.8) is 0 Å². The van der Waals surface area contributed by atoms with Crippen LogP contribution in [0.1, 0.15) is 51.6 Å². The van der Waals surface area contributed by atoms with E-state index >= 15 is 0 Å². The standard InChI is InChI=1S/C18H30N2O/c1-4-21-17-13-16(18(17,2)3)20-12-8-11-15(19)14-9-6-5-7-10-14/h5-7,9-10,15-17,20H,4,8,11-13,19H2,1-3H3. The van der Waals surface area contributed by atoms with Crippen LogP contribution in [0, 0.1) is 5.41 Å². The third-order valence-electron chi connectivity index (χ3n) is 4.86. The second-order valence-corrected chi connectivity index (χ2v) is 6.67. The van der Waals surface area contributed by atoms with Crippen LogP contribution in [0.2, 0.25) is 0 Å². The van der Waals surface area contributed by atoms with Gasteiger partial charge in [-0.3, -0.25) is 0 Å². The molecule has 2 rings (SSSR count). The molecule has 1 aromatic carbocycles. The van der Waals surface area contributed by atoms with Gasteiger partial charge in [-0.2, -0.15) is 0 Å². The first-order valence-electron chi connectivity index (χ1n) is 8.21. The fourth-order valence-electron chi connectivity index (χ4n) is 3.18. The summed E-state index contributed by atoms with van der Waals surface area (Å²) < 4.78 is 5.77. The summed E-state index contributed by atoms with van der Waals surface area (Å²) in [5.74, 6) is 0. The van der Waals surface area contributed by atoms with Gasteiger partial charge in [-0.15, -0.1) is 0 Å². The first kappa shape index (κ1) is 16.5. The van der Waals surface area contributed by atoms with Crippen LogP contribution in [0.15, 0.2) is 30.3 Å². The zero-order chi connectivity index (χ0) is 15.3. The normalized spacial score (nSPS) is 25.3. The lowest BCUT2D eigenvalue weighted by Crippen LogP contribution is -2.61. The minimum absolute atomic E-state index is 0.151. The summed E-state index contributed by atoms with van der Waals surface area (Å²) in [4.78, 5) is 0. The minimum atomic E-state index is 0.151. The quantitative estimate of drug-likeness (QED) is 0.722. The smallest absolute Gasteiger partial charge is 0.0655 e. The molecule has 3 unspecified atom stereocenters. The van der Waals surface area contributed by atoms with Crippen molar-refractivity contribution >= 4 is 0 Å². The van der Waals surface area contributed by atoms with Gasteiger partial charge in [0.25, 0.3) is 0 Å². The van der Waals surface area contributed by atoms with Crippen LogP contribution >= 0.6 is 0 Å². The summed E-state index contributed by atoms with van der Waals surface area (Å²) >= 11 is 0. The number of benzene rings is 1. The van der Waals surface area contributed by atoms with Crippen LogP contribution in [0.3, 0.4) is 0 Å². The van der Waals surface area contributed by atoms with Gasteiger partial charge in [0, 0.05) is 24.1 Å². The molecule has 3 heteroatoms. The first-order valence-corrected chi connectivity index (χ1v) is 8.21. The average Bonchev–Trinajstić information content (AvgIpc) is 2.50. The number of hydrogen-bond donors (Lipinski definition) is 2. The molecule has 1 saturated carbocycles. The Kier molecular flexibility index (Phi) is 5.80. The predicted octanol–water partition coefficient (Wildman–Crippen LogP) is 3.26. The third kappa shape index (κ3) is 4.06. The molecule has 3 atom stereocenters. The highest BCUT2D eigenvalue weighted by Crippen LogP contribution is 2.42. The highest BCUT2D eigenvalue weighted by molar-refractivity contribution is 5.18. The van der Waals surface area contributed by atoms with Crippen molar-refractivity contribution in [3.05, 3.63) is 35.9 Å². The van der Waals surface area contributed by atoms with Gasteiger partial charge in [-0.1, -0.05) is 44.2 Å². The van der Waals surface area contributed by atoms with Crippen LogP contribution in [0.5, 0.6) is 0 Å². The molecular weight excluding hydrogens is 260 g/mol. The van der Waals surface area contributed by atoms with E-state index in [1.165, 1.54) is 5.56 Å². The second kappa shape index (κ2) is 7.39. The van der Waals surface area contributed by atoms with Gasteiger partial charge in [-0.25, -0.2) is 0 Å². The predicted molar refractivity (Wildman–Crippen MR) is 88.2 cm³/mol. The molecule has 1 aliphatic carbocycles. The van der Waals surface area contributed by atoms with Crippen molar-refractivity contribution in [3.8, 4) is 0 Å². The minimum Gasteiger partial charge on any atom is -0.378 e. The van der Waals surface area contributed by atoms with E-state index in [-0.39, 0.29) is 11.5 Å². The molecule has 0 spiro atoms. The molecule has 0 amide bonds. The SMILES string of the molecule is CCOC1CC(NCCCC(N)c2ccccc2)C1(C)C. The molecule has 1 aliphatic rings. The molecule has 0 heterocycles. The fraction of sp³-hybridized carbons (Fsp3) is 0.667. The van der Waals surface area contributed by atoms with Crippen LogP contribution in [0.25, 0.3) is 0 Å². The van der Waals surface area contributed by atoms with Crippen molar-refractivity contribution in [2.45, 2.75) is 58.2 Å². The maximum absolute atomic E-state index is 6.23. The Bertz CT molecular complexity index is 418. The second-order valence-electron chi connectivity index (χ2n) is 6.67. The van der Waals surface area contributed by atoms with E-state index in [9.17, 15) is 0 Å². The molecule has 3 nitrogen and oxygen atoms in total. The van der Waals surface area contributed by atoms with E-state index in [4.69, 9.17) is 10.5 Å². The molecule has 0 bridgehead atoms. The molecule has 0 radical (unpaired) electrons. The molecule has 0 saturated heterocycles. The van der Waals surface area contributed by atoms with E-state index in [0.29, 0.717) is 12.1 Å². The number of ether oxygens (including phenoxy) is 1. The first-order chi connectivity index (χ1) is 10.1. The summed E-state index contributed by atoms with van der Waals surface area (Å²) in [6, 6.07) is 11.1. The van der Waals surface area contributed by atoms with Crippen molar-refractivity contribution in [2.24, 2.45) is 11.1 Å². The lowest BCUT2D eigenvalue weighted by atomic mass is 9.64. The highest BCUT2D eigenvalue weighted by Gasteiger charge is 2.48. The van der Waals surface area contributed by atoms with Crippen molar-refractivity contribution < 1.29 is 4.74 Å². The lowest BCUT2D eigenvalue weighted by molar-refractivity contribution is -0.113. The van der Waals surface area contributed by atoms with Gasteiger partial charge in [0.15, 0.2) is 0 Å². The van der Waals surface area contributed by atoms with E-state index in [2.05, 4.69) is 50.4 Å².